The first-order chi connectivity index (χ1) is 42.0. The summed E-state index contributed by atoms with van der Waals surface area (Å²) in [5.41, 5.74) is 8.59. The molecule has 0 saturated carbocycles. The second kappa shape index (κ2) is 38.9. The van der Waals surface area contributed by atoms with Crippen LogP contribution in [0.15, 0.2) is 74.4 Å². The van der Waals surface area contributed by atoms with Gasteiger partial charge in [0.2, 0.25) is 11.8 Å². The van der Waals surface area contributed by atoms with E-state index in [1.807, 2.05) is 36.4 Å². The minimum Gasteiger partial charge on any atom is -0.492 e. The number of benzene rings is 2. The predicted octanol–water partition coefficient (Wildman–Crippen LogP) is 15.1. The van der Waals surface area contributed by atoms with Gasteiger partial charge in [-0.15, -0.1) is 5.11 Å². The Morgan fingerprint density at radius 1 is 0.552 bits per heavy atom. The van der Waals surface area contributed by atoms with E-state index >= 15 is 0 Å². The molecule has 0 aliphatic carbocycles. The van der Waals surface area contributed by atoms with E-state index < -0.39 is 5.56 Å². The number of nitrogen functional groups attached to an aromatic ring is 1. The van der Waals surface area contributed by atoms with E-state index in [4.69, 9.17) is 11.0 Å². The van der Waals surface area contributed by atoms with Crippen LogP contribution in [0.5, 0.6) is 11.8 Å². The molecule has 87 heavy (non-hydrogen) atoms. The molecule has 4 atom stereocenters. The van der Waals surface area contributed by atoms with Crippen molar-refractivity contribution in [1.29, 1.82) is 10.5 Å². The third-order valence-corrected chi connectivity index (χ3v) is 17.6. The molecule has 2 saturated heterocycles. The Labute approximate surface area is 521 Å². The van der Waals surface area contributed by atoms with E-state index in [1.54, 1.807) is 48.1 Å². The maximum absolute atomic E-state index is 13.8. The fourth-order valence-corrected chi connectivity index (χ4v) is 11.7. The van der Waals surface area contributed by atoms with Crippen molar-refractivity contribution in [3.63, 3.8) is 0 Å². The quantitative estimate of drug-likeness (QED) is 0.0328. The van der Waals surface area contributed by atoms with Gasteiger partial charge in [-0.3, -0.25) is 19.2 Å². The van der Waals surface area contributed by atoms with Crippen molar-refractivity contribution < 1.29 is 19.8 Å². The normalized spacial score (nSPS) is 14.6. The minimum atomic E-state index is -0.505. The molecule has 0 bridgehead atoms. The fourth-order valence-electron chi connectivity index (χ4n) is 11.7. The van der Waals surface area contributed by atoms with E-state index in [0.29, 0.717) is 59.3 Å². The van der Waals surface area contributed by atoms with E-state index in [2.05, 4.69) is 75.4 Å². The maximum atomic E-state index is 13.8. The zero-order valence-electron chi connectivity index (χ0n) is 54.8. The third-order valence-electron chi connectivity index (χ3n) is 17.6. The number of anilines is 1. The number of hydrogen-bond acceptors (Lipinski definition) is 13. The lowest BCUT2D eigenvalue weighted by Gasteiger charge is -2.31. The lowest BCUT2D eigenvalue weighted by molar-refractivity contribution is 0.0678. The van der Waals surface area contributed by atoms with Crippen LogP contribution in [0.3, 0.4) is 0 Å². The van der Waals surface area contributed by atoms with Crippen LogP contribution < -0.4 is 26.9 Å². The molecule has 2 amide bonds. The van der Waals surface area contributed by atoms with Gasteiger partial charge in [-0.2, -0.15) is 25.0 Å². The number of nitriles is 2. The molecule has 478 valence electrons. The third kappa shape index (κ3) is 21.9. The van der Waals surface area contributed by atoms with Crippen molar-refractivity contribution >= 4 is 28.9 Å². The van der Waals surface area contributed by atoms with Crippen LogP contribution in [-0.4, -0.2) is 93.5 Å². The van der Waals surface area contributed by atoms with Crippen LogP contribution in [0, 0.1) is 60.2 Å². The van der Waals surface area contributed by atoms with Gasteiger partial charge >= 0.3 is 0 Å². The lowest BCUT2D eigenvalue weighted by Crippen LogP contribution is -2.45. The Morgan fingerprint density at radius 3 is 1.29 bits per heavy atom. The Kier molecular flexibility index (Phi) is 32.3. The van der Waals surface area contributed by atoms with Crippen LogP contribution in [0.4, 0.5) is 17.1 Å². The summed E-state index contributed by atoms with van der Waals surface area (Å²) in [7, 11) is 0. The van der Waals surface area contributed by atoms with Crippen LogP contribution >= 0.6 is 0 Å². The standard InChI is InChI=1S/C35H52N6O3.C23H40N2O.C12H15N3O2/c1-6-10-15-27(8-3)24-39(25-28(9-4)16-11-7-2)33(42)29-17-19-30(20-18-29)37-38-32-26(5)31(23-36)34(43)41(35(32)44)40-21-13-12-14-22-40;1-5-9-11-19(7-3)17-25(18-20(8-4)12-10-6-2)23(26)21-13-15-22(24)16-14-21;1-9-7-11(16)15(12(17)10(9)8-13)14-5-3-2-4-6-14/h17-20,27-28,43H,6-16,21-22,24-25H2,1-5H3;13-16,19-20H,5-12,17-18,24H2,1-4H3;7,17H,2-6H2,1H3. The summed E-state index contributed by atoms with van der Waals surface area (Å²) in [6.07, 6.45) is 24.7. The predicted molar refractivity (Wildman–Crippen MR) is 354 cm³/mol. The van der Waals surface area contributed by atoms with E-state index in [1.165, 1.54) is 66.8 Å². The molecule has 17 heteroatoms. The summed E-state index contributed by atoms with van der Waals surface area (Å²) < 4.78 is 2.40. The summed E-state index contributed by atoms with van der Waals surface area (Å²) in [4.78, 5) is 56.5. The van der Waals surface area contributed by atoms with Gasteiger partial charge in [0.1, 0.15) is 23.3 Å². The molecule has 2 aliphatic rings. The molecule has 4 heterocycles. The number of azo groups is 1. The fraction of sp³-hybridized carbons (Fsp3) is 0.629. The first-order valence-corrected chi connectivity index (χ1v) is 33.2. The second-order valence-electron chi connectivity index (χ2n) is 24.2. The monoisotopic (exact) mass is 1200 g/mol. The van der Waals surface area contributed by atoms with E-state index in [9.17, 15) is 34.7 Å². The average molecular weight is 1200 g/mol. The first kappa shape index (κ1) is 72.3. The molecule has 2 fully saturated rings. The van der Waals surface area contributed by atoms with Gasteiger partial charge < -0.3 is 35.8 Å². The average Bonchev–Trinajstić information content (AvgIpc) is 3.69. The number of pyridine rings is 2. The molecular weight excluding hydrogens is 1090 g/mol. The van der Waals surface area contributed by atoms with Crippen LogP contribution in [-0.2, 0) is 0 Å². The number of piperidine rings is 2. The maximum Gasteiger partial charge on any atom is 0.300 e. The second-order valence-corrected chi connectivity index (χ2v) is 24.2. The lowest BCUT2D eigenvalue weighted by atomic mass is 9.95. The summed E-state index contributed by atoms with van der Waals surface area (Å²) in [5, 5.41) is 51.6. The molecular formula is C70H107N11O6. The molecule has 17 nitrogen and oxygen atoms in total. The van der Waals surface area contributed by atoms with Gasteiger partial charge in [-0.25, -0.2) is 0 Å². The highest BCUT2D eigenvalue weighted by molar-refractivity contribution is 5.95. The van der Waals surface area contributed by atoms with Gasteiger partial charge in [0.25, 0.3) is 22.9 Å². The molecule has 0 spiro atoms. The summed E-state index contributed by atoms with van der Waals surface area (Å²) in [6.45, 7) is 27.1. The van der Waals surface area contributed by atoms with Crippen molar-refractivity contribution in [2.45, 2.75) is 210 Å². The van der Waals surface area contributed by atoms with Crippen molar-refractivity contribution in [1.82, 2.24) is 19.2 Å². The molecule has 4 unspecified atom stereocenters. The summed E-state index contributed by atoms with van der Waals surface area (Å²) >= 11 is 0. The molecule has 0 radical (unpaired) electrons. The Bertz CT molecular complexity index is 2910. The first-order valence-electron chi connectivity index (χ1n) is 33.2. The number of carbonyl (C=O) groups excluding carboxylic acids is 2. The van der Waals surface area contributed by atoms with Crippen LogP contribution in [0.25, 0.3) is 0 Å². The Morgan fingerprint density at radius 2 is 0.920 bits per heavy atom. The molecule has 2 aromatic carbocycles. The minimum absolute atomic E-state index is 0.0128. The van der Waals surface area contributed by atoms with E-state index in [-0.39, 0.29) is 51.5 Å². The zero-order valence-corrected chi connectivity index (χ0v) is 54.8. The Balaban J connectivity index is 0.000000316. The number of aromatic hydroxyl groups is 2. The van der Waals surface area contributed by atoms with Gasteiger partial charge in [0.05, 0.1) is 5.69 Å². The highest BCUT2D eigenvalue weighted by atomic mass is 16.3. The highest BCUT2D eigenvalue weighted by Gasteiger charge is 2.27. The Hall–Kier alpha value is -7.14. The SMILES string of the molecule is CCCCC(CC)CN(CC(CC)CCCC)C(=O)c1ccc(N)cc1.CCCCC(CC)CN(CC(CC)CCCC)C(=O)c1ccc(N=Nc2c(C)c(C#N)c(O)n(N3CCCCC3)c2=O)cc1.Cc1cc(=O)n(N2CCCCC2)c(O)c1C#N. The summed E-state index contributed by atoms with van der Waals surface area (Å²) in [6, 6.07) is 19.8. The topological polar surface area (TPSA) is 230 Å². The number of aromatic nitrogens is 2. The number of hydrogen-bond donors (Lipinski definition) is 3. The molecule has 2 aliphatic heterocycles. The van der Waals surface area contributed by atoms with Crippen LogP contribution in [0.1, 0.15) is 240 Å². The largest absolute Gasteiger partial charge is 0.492 e. The van der Waals surface area contributed by atoms with Crippen molar-refractivity contribution in [2.75, 3.05) is 68.1 Å². The smallest absolute Gasteiger partial charge is 0.300 e. The number of amides is 2. The van der Waals surface area contributed by atoms with Gasteiger partial charge in [0.15, 0.2) is 5.69 Å². The van der Waals surface area contributed by atoms with Crippen molar-refractivity contribution in [3.05, 3.63) is 109 Å². The van der Waals surface area contributed by atoms with Crippen molar-refractivity contribution in [2.24, 2.45) is 33.9 Å². The number of rotatable bonds is 30. The van der Waals surface area contributed by atoms with Crippen molar-refractivity contribution in [3.8, 4) is 23.9 Å². The molecule has 4 aromatic rings. The molecule has 6 rings (SSSR count). The molecule has 4 N–H and O–H groups in total. The number of unbranched alkanes of at least 4 members (excludes halogenated alkanes) is 4. The molecule has 2 aromatic heterocycles. The van der Waals surface area contributed by atoms with Gasteiger partial charge in [-0.1, -0.05) is 132 Å². The van der Waals surface area contributed by atoms with Gasteiger partial charge in [0, 0.05) is 80.8 Å². The van der Waals surface area contributed by atoms with Gasteiger partial charge in [-0.05, 0) is 156 Å². The summed E-state index contributed by atoms with van der Waals surface area (Å²) in [5.74, 6) is 1.76. The van der Waals surface area contributed by atoms with Crippen LogP contribution in [0.2, 0.25) is 0 Å². The number of nitrogens with zero attached hydrogens (tertiary/aromatic N) is 10. The number of nitrogens with two attached hydrogens (primary N) is 1. The van der Waals surface area contributed by atoms with E-state index in [0.717, 1.165) is 135 Å². The number of aryl methyl sites for hydroxylation is 1. The zero-order chi connectivity index (χ0) is 63.8. The number of carbonyl (C=O) groups is 2. The highest BCUT2D eigenvalue weighted by Crippen LogP contribution is 2.30.